The largest absolute Gasteiger partial charge is 0.338 e. The van der Waals surface area contributed by atoms with E-state index in [-0.39, 0.29) is 12.1 Å². The van der Waals surface area contributed by atoms with Crippen LogP contribution in [0.1, 0.15) is 25.7 Å². The summed E-state index contributed by atoms with van der Waals surface area (Å²) in [6.07, 6.45) is 3.77. The van der Waals surface area contributed by atoms with Gasteiger partial charge in [0.15, 0.2) is 0 Å². The highest BCUT2D eigenvalue weighted by Crippen LogP contribution is 2.31. The summed E-state index contributed by atoms with van der Waals surface area (Å²) >= 11 is 0. The fourth-order valence-corrected chi connectivity index (χ4v) is 2.57. The highest BCUT2D eigenvalue weighted by molar-refractivity contribution is 6.35. The van der Waals surface area contributed by atoms with Gasteiger partial charge in [-0.1, -0.05) is 12.8 Å². The molecule has 6 nitrogen and oxygen atoms in total. The summed E-state index contributed by atoms with van der Waals surface area (Å²) in [6.45, 7) is 0. The SMILES string of the molecule is CON1C(=O)C(=O)N(OC)[C@@H]2CCCC[C@H]21. The molecular formula is C10H16N2O4. The Labute approximate surface area is 94.0 Å². The summed E-state index contributed by atoms with van der Waals surface area (Å²) in [5.41, 5.74) is 0. The number of hydroxylamine groups is 4. The van der Waals surface area contributed by atoms with Gasteiger partial charge in [-0.15, -0.1) is 0 Å². The molecule has 2 rings (SSSR count). The predicted molar refractivity (Wildman–Crippen MR) is 53.8 cm³/mol. The maximum absolute atomic E-state index is 11.7. The van der Waals surface area contributed by atoms with Crippen molar-refractivity contribution >= 4 is 11.8 Å². The van der Waals surface area contributed by atoms with Crippen LogP contribution < -0.4 is 0 Å². The number of carbonyl (C=O) groups excluding carboxylic acids is 2. The van der Waals surface area contributed by atoms with Crippen LogP contribution in [0.15, 0.2) is 0 Å². The summed E-state index contributed by atoms with van der Waals surface area (Å²) in [5, 5.41) is 2.39. The van der Waals surface area contributed by atoms with Gasteiger partial charge >= 0.3 is 11.8 Å². The van der Waals surface area contributed by atoms with Crippen molar-refractivity contribution in [2.24, 2.45) is 0 Å². The predicted octanol–water partition coefficient (Wildman–Crippen LogP) is 0.0912. The van der Waals surface area contributed by atoms with Gasteiger partial charge < -0.3 is 0 Å². The number of hydrogen-bond acceptors (Lipinski definition) is 4. The van der Waals surface area contributed by atoms with E-state index in [4.69, 9.17) is 9.68 Å². The average Bonchev–Trinajstić information content (AvgIpc) is 2.31. The second kappa shape index (κ2) is 4.39. The molecule has 6 heteroatoms. The Hall–Kier alpha value is -1.14. The van der Waals surface area contributed by atoms with Gasteiger partial charge in [-0.25, -0.2) is 10.1 Å². The second-order valence-corrected chi connectivity index (χ2v) is 4.05. The third-order valence-electron chi connectivity index (χ3n) is 3.27. The summed E-state index contributed by atoms with van der Waals surface area (Å²) in [6, 6.07) is -0.159. The Balaban J connectivity index is 2.27. The van der Waals surface area contributed by atoms with Crippen molar-refractivity contribution in [3.63, 3.8) is 0 Å². The van der Waals surface area contributed by atoms with Gasteiger partial charge in [0.25, 0.3) is 0 Å². The standard InChI is InChI=1S/C10H16N2O4/c1-15-11-7-5-3-4-6-8(7)12(16-2)10(14)9(11)13/h7-8H,3-6H2,1-2H3/t7-,8-/m1/s1. The maximum Gasteiger partial charge on any atom is 0.338 e. The molecule has 0 bridgehead atoms. The normalized spacial score (nSPS) is 30.6. The van der Waals surface area contributed by atoms with Crippen molar-refractivity contribution in [1.29, 1.82) is 0 Å². The Morgan fingerprint density at radius 1 is 0.938 bits per heavy atom. The number of amides is 2. The molecule has 90 valence electrons. The first-order valence-electron chi connectivity index (χ1n) is 5.45. The van der Waals surface area contributed by atoms with Crippen molar-refractivity contribution < 1.29 is 19.3 Å². The Morgan fingerprint density at radius 2 is 1.31 bits per heavy atom. The number of hydrogen-bond donors (Lipinski definition) is 0. The van der Waals surface area contributed by atoms with Crippen molar-refractivity contribution in [3.05, 3.63) is 0 Å². The molecule has 0 unspecified atom stereocenters. The molecule has 2 amide bonds. The van der Waals surface area contributed by atoms with E-state index in [0.29, 0.717) is 0 Å². The van der Waals surface area contributed by atoms with Gasteiger partial charge in [0.1, 0.15) is 0 Å². The zero-order valence-electron chi connectivity index (χ0n) is 9.51. The van der Waals surface area contributed by atoms with E-state index < -0.39 is 11.8 Å². The first kappa shape index (κ1) is 11.3. The lowest BCUT2D eigenvalue weighted by atomic mass is 9.88. The molecule has 1 saturated heterocycles. The highest BCUT2D eigenvalue weighted by atomic mass is 16.7. The van der Waals surface area contributed by atoms with Crippen molar-refractivity contribution in [1.82, 2.24) is 10.1 Å². The quantitative estimate of drug-likeness (QED) is 0.628. The second-order valence-electron chi connectivity index (χ2n) is 4.05. The van der Waals surface area contributed by atoms with Gasteiger partial charge in [0.2, 0.25) is 0 Å². The number of rotatable bonds is 2. The number of fused-ring (bicyclic) bond motifs is 1. The molecule has 1 aliphatic carbocycles. The fourth-order valence-electron chi connectivity index (χ4n) is 2.57. The molecule has 2 fully saturated rings. The van der Waals surface area contributed by atoms with E-state index in [1.165, 1.54) is 24.3 Å². The van der Waals surface area contributed by atoms with Gasteiger partial charge in [-0.3, -0.25) is 19.3 Å². The molecule has 1 aliphatic heterocycles. The molecule has 2 atom stereocenters. The first-order valence-corrected chi connectivity index (χ1v) is 5.45. The Morgan fingerprint density at radius 3 is 1.62 bits per heavy atom. The van der Waals surface area contributed by atoms with Crippen LogP contribution in [0.4, 0.5) is 0 Å². The molecule has 0 spiro atoms. The van der Waals surface area contributed by atoms with E-state index in [0.717, 1.165) is 25.7 Å². The summed E-state index contributed by atoms with van der Waals surface area (Å²) in [4.78, 5) is 33.5. The average molecular weight is 228 g/mol. The molecule has 16 heavy (non-hydrogen) atoms. The van der Waals surface area contributed by atoms with Crippen LogP contribution in [0.2, 0.25) is 0 Å². The first-order chi connectivity index (χ1) is 7.70. The van der Waals surface area contributed by atoms with Gasteiger partial charge in [0, 0.05) is 0 Å². The molecule has 0 aromatic heterocycles. The Kier molecular flexibility index (Phi) is 3.11. The van der Waals surface area contributed by atoms with Crippen LogP contribution in [0.5, 0.6) is 0 Å². The van der Waals surface area contributed by atoms with Crippen molar-refractivity contribution in [2.45, 2.75) is 37.8 Å². The fraction of sp³-hybridized carbons (Fsp3) is 0.800. The van der Waals surface area contributed by atoms with Crippen LogP contribution >= 0.6 is 0 Å². The minimum atomic E-state index is -0.646. The number of carbonyl (C=O) groups is 2. The van der Waals surface area contributed by atoms with Crippen LogP contribution in [0.25, 0.3) is 0 Å². The van der Waals surface area contributed by atoms with E-state index >= 15 is 0 Å². The lowest BCUT2D eigenvalue weighted by Gasteiger charge is -2.45. The maximum atomic E-state index is 11.7. The minimum absolute atomic E-state index is 0.0797. The zero-order valence-corrected chi connectivity index (χ0v) is 9.51. The van der Waals surface area contributed by atoms with Gasteiger partial charge in [-0.05, 0) is 12.8 Å². The topological polar surface area (TPSA) is 59.1 Å². The van der Waals surface area contributed by atoms with Gasteiger partial charge in [-0.2, -0.15) is 0 Å². The van der Waals surface area contributed by atoms with E-state index in [9.17, 15) is 9.59 Å². The van der Waals surface area contributed by atoms with E-state index in [1.807, 2.05) is 0 Å². The molecule has 0 radical (unpaired) electrons. The molecule has 1 saturated carbocycles. The lowest BCUT2D eigenvalue weighted by molar-refractivity contribution is -0.251. The zero-order chi connectivity index (χ0) is 11.7. The van der Waals surface area contributed by atoms with Crippen molar-refractivity contribution in [2.75, 3.05) is 14.2 Å². The Bertz CT molecular complexity index is 277. The van der Waals surface area contributed by atoms with E-state index in [1.54, 1.807) is 0 Å². The van der Waals surface area contributed by atoms with E-state index in [2.05, 4.69) is 0 Å². The lowest BCUT2D eigenvalue weighted by Crippen LogP contribution is -2.64. The minimum Gasteiger partial charge on any atom is -0.274 e. The summed E-state index contributed by atoms with van der Waals surface area (Å²) < 4.78 is 0. The van der Waals surface area contributed by atoms with Crippen LogP contribution in [-0.2, 0) is 19.3 Å². The molecule has 0 aromatic rings. The summed E-state index contributed by atoms with van der Waals surface area (Å²) in [5.74, 6) is -1.29. The summed E-state index contributed by atoms with van der Waals surface area (Å²) in [7, 11) is 2.83. The smallest absolute Gasteiger partial charge is 0.274 e. The number of nitrogens with zero attached hydrogens (tertiary/aromatic N) is 2. The molecule has 1 heterocycles. The third-order valence-corrected chi connectivity index (χ3v) is 3.27. The molecule has 0 aromatic carbocycles. The van der Waals surface area contributed by atoms with Crippen LogP contribution in [0.3, 0.4) is 0 Å². The van der Waals surface area contributed by atoms with Gasteiger partial charge in [0.05, 0.1) is 26.3 Å². The third kappa shape index (κ3) is 1.58. The molecule has 0 N–H and O–H groups in total. The van der Waals surface area contributed by atoms with Crippen LogP contribution in [-0.4, -0.2) is 48.2 Å². The monoisotopic (exact) mass is 228 g/mol. The highest BCUT2D eigenvalue weighted by Gasteiger charge is 2.48. The van der Waals surface area contributed by atoms with Crippen molar-refractivity contribution in [3.8, 4) is 0 Å². The molecular weight excluding hydrogens is 212 g/mol. The number of piperazine rings is 1. The van der Waals surface area contributed by atoms with Crippen LogP contribution in [0, 0.1) is 0 Å². The molecule has 2 aliphatic rings.